The largest absolute Gasteiger partial charge is 0.445 e. The van der Waals surface area contributed by atoms with Crippen molar-refractivity contribution in [2.45, 2.75) is 20.1 Å². The first-order valence-corrected chi connectivity index (χ1v) is 7.45. The van der Waals surface area contributed by atoms with E-state index in [9.17, 15) is 4.79 Å². The molecule has 1 amide bonds. The Bertz CT molecular complexity index is 554. The average molecular weight is 340 g/mol. The third kappa shape index (κ3) is 4.36. The SMILES string of the molecule is Cc1cc(Br)c(CNC(=O)OCc2ccccc2)s1. The zero-order chi connectivity index (χ0) is 13.7. The summed E-state index contributed by atoms with van der Waals surface area (Å²) in [5.41, 5.74) is 0.978. The van der Waals surface area contributed by atoms with Crippen LogP contribution in [0.3, 0.4) is 0 Å². The topological polar surface area (TPSA) is 38.3 Å². The molecular formula is C14H14BrNO2S. The molecule has 0 fully saturated rings. The minimum Gasteiger partial charge on any atom is -0.445 e. The maximum Gasteiger partial charge on any atom is 0.407 e. The van der Waals surface area contributed by atoms with Crippen molar-refractivity contribution in [3.63, 3.8) is 0 Å². The van der Waals surface area contributed by atoms with Gasteiger partial charge in [-0.2, -0.15) is 0 Å². The summed E-state index contributed by atoms with van der Waals surface area (Å²) in [6.45, 7) is 2.80. The van der Waals surface area contributed by atoms with Crippen molar-refractivity contribution in [3.8, 4) is 0 Å². The lowest BCUT2D eigenvalue weighted by atomic mass is 10.2. The van der Waals surface area contributed by atoms with Gasteiger partial charge >= 0.3 is 6.09 Å². The van der Waals surface area contributed by atoms with E-state index in [4.69, 9.17) is 4.74 Å². The molecule has 2 rings (SSSR count). The van der Waals surface area contributed by atoms with Crippen LogP contribution in [0.2, 0.25) is 0 Å². The van der Waals surface area contributed by atoms with E-state index in [0.29, 0.717) is 6.54 Å². The Morgan fingerprint density at radius 2 is 2.11 bits per heavy atom. The standard InChI is InChI=1S/C14H14BrNO2S/c1-10-7-12(15)13(19-10)8-16-14(17)18-9-11-5-3-2-4-6-11/h2-7H,8-9H2,1H3,(H,16,17). The van der Waals surface area contributed by atoms with E-state index >= 15 is 0 Å². The average Bonchev–Trinajstić information content (AvgIpc) is 2.73. The molecule has 0 aliphatic carbocycles. The summed E-state index contributed by atoms with van der Waals surface area (Å²) < 4.78 is 6.16. The Kier molecular flexibility index (Phi) is 4.99. The van der Waals surface area contributed by atoms with Crippen LogP contribution < -0.4 is 5.32 Å². The number of hydrogen-bond acceptors (Lipinski definition) is 3. The number of carbonyl (C=O) groups excluding carboxylic acids is 1. The van der Waals surface area contributed by atoms with Crippen LogP contribution in [0.4, 0.5) is 4.79 Å². The Balaban J connectivity index is 1.77. The van der Waals surface area contributed by atoms with Crippen molar-refractivity contribution in [1.82, 2.24) is 5.32 Å². The Morgan fingerprint density at radius 3 is 2.74 bits per heavy atom. The maximum absolute atomic E-state index is 11.6. The fourth-order valence-corrected chi connectivity index (χ4v) is 3.32. The molecule has 19 heavy (non-hydrogen) atoms. The van der Waals surface area contributed by atoms with Gasteiger partial charge in [0.1, 0.15) is 6.61 Å². The second kappa shape index (κ2) is 6.73. The van der Waals surface area contributed by atoms with Crippen molar-refractivity contribution in [2.24, 2.45) is 0 Å². The van der Waals surface area contributed by atoms with Crippen LogP contribution in [0, 0.1) is 6.92 Å². The van der Waals surface area contributed by atoms with E-state index in [1.54, 1.807) is 11.3 Å². The molecule has 1 aromatic heterocycles. The summed E-state index contributed by atoms with van der Waals surface area (Å²) in [7, 11) is 0. The van der Waals surface area contributed by atoms with Crippen molar-refractivity contribution in [1.29, 1.82) is 0 Å². The number of rotatable bonds is 4. The van der Waals surface area contributed by atoms with Crippen LogP contribution in [0.15, 0.2) is 40.9 Å². The predicted octanol–water partition coefficient (Wildman–Crippen LogP) is 4.25. The van der Waals surface area contributed by atoms with Gasteiger partial charge in [0.25, 0.3) is 0 Å². The van der Waals surface area contributed by atoms with Crippen LogP contribution >= 0.6 is 27.3 Å². The highest BCUT2D eigenvalue weighted by Crippen LogP contribution is 2.26. The van der Waals surface area contributed by atoms with E-state index in [1.165, 1.54) is 4.88 Å². The van der Waals surface area contributed by atoms with Gasteiger partial charge in [-0.1, -0.05) is 30.3 Å². The summed E-state index contributed by atoms with van der Waals surface area (Å²) in [6, 6.07) is 11.7. The molecule has 1 N–H and O–H groups in total. The zero-order valence-corrected chi connectivity index (χ0v) is 12.9. The number of carbonyl (C=O) groups is 1. The number of aryl methyl sites for hydroxylation is 1. The molecule has 0 aliphatic heterocycles. The quantitative estimate of drug-likeness (QED) is 0.904. The molecule has 1 aromatic carbocycles. The fraction of sp³-hybridized carbons (Fsp3) is 0.214. The highest BCUT2D eigenvalue weighted by atomic mass is 79.9. The molecule has 3 nitrogen and oxygen atoms in total. The molecule has 2 aromatic rings. The van der Waals surface area contributed by atoms with Gasteiger partial charge in [-0.15, -0.1) is 11.3 Å². The fourth-order valence-electron chi connectivity index (χ4n) is 1.58. The maximum atomic E-state index is 11.6. The van der Waals surface area contributed by atoms with Crippen LogP contribution in [0.1, 0.15) is 15.3 Å². The number of thiophene rings is 1. The molecule has 0 bridgehead atoms. The minimum absolute atomic E-state index is 0.289. The first kappa shape index (κ1) is 14.1. The van der Waals surface area contributed by atoms with Gasteiger partial charge in [0.15, 0.2) is 0 Å². The lowest BCUT2D eigenvalue weighted by molar-refractivity contribution is 0.139. The lowest BCUT2D eigenvalue weighted by Crippen LogP contribution is -2.23. The normalized spacial score (nSPS) is 10.2. The molecule has 0 radical (unpaired) electrons. The number of halogens is 1. The summed E-state index contributed by atoms with van der Waals surface area (Å²) in [5.74, 6) is 0. The first-order valence-electron chi connectivity index (χ1n) is 5.84. The van der Waals surface area contributed by atoms with E-state index in [0.717, 1.165) is 14.9 Å². The third-order valence-corrected chi connectivity index (χ3v) is 4.51. The van der Waals surface area contributed by atoms with Gasteiger partial charge in [0.05, 0.1) is 6.54 Å². The van der Waals surface area contributed by atoms with Gasteiger partial charge < -0.3 is 10.1 Å². The van der Waals surface area contributed by atoms with E-state index in [2.05, 4.69) is 21.2 Å². The Morgan fingerprint density at radius 1 is 1.37 bits per heavy atom. The van der Waals surface area contributed by atoms with Crippen LogP contribution in [-0.4, -0.2) is 6.09 Å². The molecule has 0 aliphatic rings. The van der Waals surface area contributed by atoms with Crippen LogP contribution in [0.5, 0.6) is 0 Å². The molecule has 0 atom stereocenters. The summed E-state index contributed by atoms with van der Waals surface area (Å²) in [4.78, 5) is 13.9. The minimum atomic E-state index is -0.401. The van der Waals surface area contributed by atoms with Crippen LogP contribution in [-0.2, 0) is 17.9 Å². The van der Waals surface area contributed by atoms with Crippen molar-refractivity contribution < 1.29 is 9.53 Å². The van der Waals surface area contributed by atoms with Gasteiger partial charge in [-0.3, -0.25) is 0 Å². The van der Waals surface area contributed by atoms with Crippen LogP contribution in [0.25, 0.3) is 0 Å². The number of alkyl carbamates (subject to hydrolysis) is 1. The molecule has 0 unspecified atom stereocenters. The number of hydrogen-bond donors (Lipinski definition) is 1. The molecule has 1 heterocycles. The summed E-state index contributed by atoms with van der Waals surface area (Å²) in [5, 5.41) is 2.74. The molecule has 100 valence electrons. The molecule has 5 heteroatoms. The molecule has 0 spiro atoms. The third-order valence-electron chi connectivity index (χ3n) is 2.49. The smallest absolute Gasteiger partial charge is 0.407 e. The van der Waals surface area contributed by atoms with Crippen molar-refractivity contribution in [3.05, 3.63) is 56.2 Å². The van der Waals surface area contributed by atoms with Gasteiger partial charge in [0.2, 0.25) is 0 Å². The zero-order valence-electron chi connectivity index (χ0n) is 10.5. The van der Waals surface area contributed by atoms with E-state index in [-0.39, 0.29) is 6.61 Å². The number of nitrogens with one attached hydrogen (secondary N) is 1. The first-order chi connectivity index (χ1) is 9.15. The molecule has 0 saturated heterocycles. The number of ether oxygens (including phenoxy) is 1. The predicted molar refractivity (Wildman–Crippen MR) is 80.2 cm³/mol. The highest BCUT2D eigenvalue weighted by molar-refractivity contribution is 9.10. The van der Waals surface area contributed by atoms with Gasteiger partial charge in [-0.25, -0.2) is 4.79 Å². The number of amides is 1. The monoisotopic (exact) mass is 339 g/mol. The highest BCUT2D eigenvalue weighted by Gasteiger charge is 2.07. The molecule has 0 saturated carbocycles. The van der Waals surface area contributed by atoms with Gasteiger partial charge in [0, 0.05) is 14.2 Å². The second-order valence-corrected chi connectivity index (χ2v) is 6.24. The summed E-state index contributed by atoms with van der Waals surface area (Å²) >= 11 is 5.11. The lowest BCUT2D eigenvalue weighted by Gasteiger charge is -2.06. The van der Waals surface area contributed by atoms with E-state index in [1.807, 2.05) is 43.3 Å². The Labute approximate surface area is 124 Å². The van der Waals surface area contributed by atoms with E-state index < -0.39 is 6.09 Å². The van der Waals surface area contributed by atoms with Crippen molar-refractivity contribution >= 4 is 33.4 Å². The van der Waals surface area contributed by atoms with Gasteiger partial charge in [-0.05, 0) is 34.5 Å². The van der Waals surface area contributed by atoms with Crippen molar-refractivity contribution in [2.75, 3.05) is 0 Å². The second-order valence-electron chi connectivity index (χ2n) is 4.04. The Hall–Kier alpha value is -1.33. The number of benzene rings is 1. The summed E-state index contributed by atoms with van der Waals surface area (Å²) in [6.07, 6.45) is -0.401. The molecular weight excluding hydrogens is 326 g/mol.